The van der Waals surface area contributed by atoms with Gasteiger partial charge in [-0.15, -0.1) is 24.0 Å². The monoisotopic (exact) mass is 446 g/mol. The normalized spacial score (nSPS) is 16.0. The summed E-state index contributed by atoms with van der Waals surface area (Å²) in [5.74, 6) is 1.67. The molecule has 136 valence electrons. The summed E-state index contributed by atoms with van der Waals surface area (Å²) in [5, 5.41) is 0. The van der Waals surface area contributed by atoms with Crippen LogP contribution in [-0.2, 0) is 6.54 Å². The van der Waals surface area contributed by atoms with Gasteiger partial charge in [0.1, 0.15) is 5.82 Å². The lowest BCUT2D eigenvalue weighted by molar-refractivity contribution is 0.270. The van der Waals surface area contributed by atoms with E-state index in [0.29, 0.717) is 12.5 Å². The Morgan fingerprint density at radius 2 is 1.88 bits per heavy atom. The van der Waals surface area contributed by atoms with E-state index in [1.807, 2.05) is 12.3 Å². The van der Waals surface area contributed by atoms with Gasteiger partial charge in [-0.05, 0) is 38.1 Å². The fraction of sp³-hybridized carbons (Fsp3) is 0.647. The zero-order valence-corrected chi connectivity index (χ0v) is 17.4. The second-order valence-electron chi connectivity index (χ2n) is 5.79. The molecule has 0 unspecified atom stereocenters. The minimum atomic E-state index is 0. The third-order valence-electron chi connectivity index (χ3n) is 4.46. The van der Waals surface area contributed by atoms with Crippen LogP contribution in [-0.4, -0.2) is 66.6 Å². The summed E-state index contributed by atoms with van der Waals surface area (Å²) in [4.78, 5) is 15.9. The summed E-state index contributed by atoms with van der Waals surface area (Å²) in [5.41, 5.74) is 7.20. The quantitative estimate of drug-likeness (QED) is 0.412. The van der Waals surface area contributed by atoms with Gasteiger partial charge in [-0.3, -0.25) is 0 Å². The zero-order valence-electron chi connectivity index (χ0n) is 15.1. The highest BCUT2D eigenvalue weighted by molar-refractivity contribution is 14.0. The molecule has 2 N–H and O–H groups in total. The molecule has 0 aliphatic carbocycles. The smallest absolute Gasteiger partial charge is 0.191 e. The predicted molar refractivity (Wildman–Crippen MR) is 112 cm³/mol. The summed E-state index contributed by atoms with van der Waals surface area (Å²) >= 11 is 0. The van der Waals surface area contributed by atoms with Crippen LogP contribution in [0.2, 0.25) is 0 Å². The van der Waals surface area contributed by atoms with Gasteiger partial charge < -0.3 is 20.4 Å². The Balaban J connectivity index is 0.00000288. The molecule has 7 heteroatoms. The topological polar surface area (TPSA) is 61.0 Å². The molecular formula is C17H31IN6. The molecule has 0 radical (unpaired) electrons. The SMILES string of the molecule is CCN1CCN(c2cc(CN=C(N)N(CC)CC)ccn2)CC1.I. The number of hydrogen-bond donors (Lipinski definition) is 1. The largest absolute Gasteiger partial charge is 0.370 e. The van der Waals surface area contributed by atoms with Gasteiger partial charge in [0.15, 0.2) is 5.96 Å². The molecule has 0 aromatic carbocycles. The van der Waals surface area contributed by atoms with Crippen molar-refractivity contribution in [3.63, 3.8) is 0 Å². The summed E-state index contributed by atoms with van der Waals surface area (Å²) in [6, 6.07) is 4.16. The van der Waals surface area contributed by atoms with Gasteiger partial charge in [-0.25, -0.2) is 9.98 Å². The standard InChI is InChI=1S/C17H30N6.HI/c1-4-21-9-11-23(12-10-21)16-13-15(7-8-19-16)14-20-17(18)22(5-2)6-3;/h7-8,13H,4-6,9-12,14H2,1-3H3,(H2,18,20);1H. The number of pyridine rings is 1. The Morgan fingerprint density at radius 1 is 1.21 bits per heavy atom. The van der Waals surface area contributed by atoms with Gasteiger partial charge >= 0.3 is 0 Å². The van der Waals surface area contributed by atoms with Crippen molar-refractivity contribution in [2.75, 3.05) is 50.7 Å². The van der Waals surface area contributed by atoms with E-state index in [9.17, 15) is 0 Å². The Labute approximate surface area is 163 Å². The van der Waals surface area contributed by atoms with E-state index < -0.39 is 0 Å². The van der Waals surface area contributed by atoms with Crippen LogP contribution >= 0.6 is 24.0 Å². The lowest BCUT2D eigenvalue weighted by Gasteiger charge is -2.34. The fourth-order valence-corrected chi connectivity index (χ4v) is 2.84. The number of piperazine rings is 1. The Kier molecular flexibility index (Phi) is 9.35. The van der Waals surface area contributed by atoms with E-state index in [0.717, 1.165) is 57.2 Å². The Morgan fingerprint density at radius 3 is 2.46 bits per heavy atom. The highest BCUT2D eigenvalue weighted by Gasteiger charge is 2.16. The highest BCUT2D eigenvalue weighted by atomic mass is 127. The van der Waals surface area contributed by atoms with Crippen molar-refractivity contribution in [1.82, 2.24) is 14.8 Å². The molecule has 1 saturated heterocycles. The summed E-state index contributed by atoms with van der Waals surface area (Å²) < 4.78 is 0. The average Bonchev–Trinajstić information content (AvgIpc) is 2.61. The molecule has 1 aliphatic rings. The molecule has 0 spiro atoms. The number of nitrogens with zero attached hydrogens (tertiary/aromatic N) is 5. The van der Waals surface area contributed by atoms with Crippen LogP contribution in [0.5, 0.6) is 0 Å². The number of likely N-dealkylation sites (N-methyl/N-ethyl adjacent to an activating group) is 1. The van der Waals surface area contributed by atoms with Crippen molar-refractivity contribution in [1.29, 1.82) is 0 Å². The van der Waals surface area contributed by atoms with Crippen molar-refractivity contribution in [2.45, 2.75) is 27.3 Å². The van der Waals surface area contributed by atoms with Crippen LogP contribution in [0.15, 0.2) is 23.3 Å². The molecule has 2 heterocycles. The molecule has 1 fully saturated rings. The van der Waals surface area contributed by atoms with E-state index in [4.69, 9.17) is 5.73 Å². The Bertz CT molecular complexity index is 510. The summed E-state index contributed by atoms with van der Waals surface area (Å²) in [6.07, 6.45) is 1.87. The van der Waals surface area contributed by atoms with Gasteiger partial charge in [-0.1, -0.05) is 6.92 Å². The number of aromatic nitrogens is 1. The van der Waals surface area contributed by atoms with Crippen molar-refractivity contribution < 1.29 is 0 Å². The number of halogens is 1. The molecule has 2 rings (SSSR count). The van der Waals surface area contributed by atoms with Gasteiger partial charge in [0.05, 0.1) is 6.54 Å². The first kappa shape index (κ1) is 21.0. The van der Waals surface area contributed by atoms with E-state index in [2.05, 4.69) is 51.5 Å². The minimum Gasteiger partial charge on any atom is -0.370 e. The molecule has 0 amide bonds. The second-order valence-corrected chi connectivity index (χ2v) is 5.79. The van der Waals surface area contributed by atoms with E-state index in [-0.39, 0.29) is 24.0 Å². The molecule has 1 aromatic rings. The number of hydrogen-bond acceptors (Lipinski definition) is 4. The van der Waals surface area contributed by atoms with Crippen molar-refractivity contribution in [3.05, 3.63) is 23.9 Å². The highest BCUT2D eigenvalue weighted by Crippen LogP contribution is 2.15. The Hall–Kier alpha value is -1.09. The molecule has 1 aliphatic heterocycles. The van der Waals surface area contributed by atoms with Gasteiger partial charge in [0.2, 0.25) is 0 Å². The average molecular weight is 446 g/mol. The van der Waals surface area contributed by atoms with Crippen LogP contribution in [0, 0.1) is 0 Å². The van der Waals surface area contributed by atoms with Crippen molar-refractivity contribution in [2.24, 2.45) is 10.7 Å². The molecule has 24 heavy (non-hydrogen) atoms. The van der Waals surface area contributed by atoms with Gasteiger partial charge in [0, 0.05) is 45.5 Å². The van der Waals surface area contributed by atoms with E-state index in [1.165, 1.54) is 0 Å². The first-order valence-electron chi connectivity index (χ1n) is 8.65. The molecule has 0 atom stereocenters. The third-order valence-corrected chi connectivity index (χ3v) is 4.46. The maximum Gasteiger partial charge on any atom is 0.191 e. The molecule has 0 saturated carbocycles. The minimum absolute atomic E-state index is 0. The third kappa shape index (κ3) is 5.77. The maximum atomic E-state index is 6.04. The zero-order chi connectivity index (χ0) is 16.7. The van der Waals surface area contributed by atoms with Crippen LogP contribution in [0.4, 0.5) is 5.82 Å². The van der Waals surface area contributed by atoms with Gasteiger partial charge in [-0.2, -0.15) is 0 Å². The van der Waals surface area contributed by atoms with Crippen molar-refractivity contribution >= 4 is 35.8 Å². The lowest BCUT2D eigenvalue weighted by Crippen LogP contribution is -2.46. The first-order valence-corrected chi connectivity index (χ1v) is 8.65. The van der Waals surface area contributed by atoms with Crippen molar-refractivity contribution in [3.8, 4) is 0 Å². The lowest BCUT2D eigenvalue weighted by atomic mass is 10.2. The molecule has 1 aromatic heterocycles. The number of guanidine groups is 1. The van der Waals surface area contributed by atoms with E-state index >= 15 is 0 Å². The van der Waals surface area contributed by atoms with Crippen LogP contribution in [0.3, 0.4) is 0 Å². The second kappa shape index (κ2) is 10.7. The molecule has 6 nitrogen and oxygen atoms in total. The van der Waals surface area contributed by atoms with Crippen LogP contribution < -0.4 is 10.6 Å². The summed E-state index contributed by atoms with van der Waals surface area (Å²) in [7, 11) is 0. The number of aliphatic imine (C=N–C) groups is 1. The molecule has 0 bridgehead atoms. The van der Waals surface area contributed by atoms with Gasteiger partial charge in [0.25, 0.3) is 0 Å². The fourth-order valence-electron chi connectivity index (χ4n) is 2.84. The number of anilines is 1. The van der Waals surface area contributed by atoms with Crippen LogP contribution in [0.1, 0.15) is 26.3 Å². The predicted octanol–water partition coefficient (Wildman–Crippen LogP) is 2.00. The van der Waals surface area contributed by atoms with Crippen LogP contribution in [0.25, 0.3) is 0 Å². The van der Waals surface area contributed by atoms with E-state index in [1.54, 1.807) is 0 Å². The summed E-state index contributed by atoms with van der Waals surface area (Å²) in [6.45, 7) is 14.2. The number of nitrogens with two attached hydrogens (primary N) is 1. The maximum absolute atomic E-state index is 6.04. The first-order chi connectivity index (χ1) is 11.2. The molecular weight excluding hydrogens is 415 g/mol. The number of rotatable bonds is 6.